The van der Waals surface area contributed by atoms with Crippen molar-refractivity contribution in [3.05, 3.63) is 29.8 Å². The van der Waals surface area contributed by atoms with E-state index in [0.717, 1.165) is 43.7 Å². The van der Waals surface area contributed by atoms with E-state index in [1.807, 2.05) is 31.3 Å². The summed E-state index contributed by atoms with van der Waals surface area (Å²) in [5.74, 6) is 0.849. The molecule has 2 N–H and O–H groups in total. The zero-order valence-corrected chi connectivity index (χ0v) is 24.2. The van der Waals surface area contributed by atoms with Crippen LogP contribution in [0.4, 0.5) is 0 Å². The highest BCUT2D eigenvalue weighted by Gasteiger charge is 2.15. The molecule has 0 spiro atoms. The van der Waals surface area contributed by atoms with Crippen molar-refractivity contribution in [2.75, 3.05) is 33.4 Å². The molecule has 0 aliphatic carbocycles. The Morgan fingerprint density at radius 2 is 1.43 bits per heavy atom. The highest BCUT2D eigenvalue weighted by molar-refractivity contribution is 7.40. The molecular formula is C29H52NO6P. The predicted molar refractivity (Wildman–Crippen MR) is 152 cm³/mol. The molecule has 0 amide bonds. The molecule has 0 radical (unpaired) electrons. The minimum Gasteiger partial charge on any atom is -0.494 e. The first-order chi connectivity index (χ1) is 18.2. The van der Waals surface area contributed by atoms with Gasteiger partial charge in [-0.25, -0.2) is 0 Å². The third-order valence-electron chi connectivity index (χ3n) is 6.30. The lowest BCUT2D eigenvalue weighted by atomic mass is 10.1. The maximum absolute atomic E-state index is 10.9. The van der Waals surface area contributed by atoms with Crippen molar-refractivity contribution >= 4 is 15.1 Å². The quantitative estimate of drug-likeness (QED) is 0.0698. The molecule has 0 aliphatic heterocycles. The van der Waals surface area contributed by atoms with Crippen LogP contribution in [-0.2, 0) is 25.0 Å². The number of hydrogen-bond acceptors (Lipinski definition) is 7. The molecule has 0 bridgehead atoms. The van der Waals surface area contributed by atoms with Gasteiger partial charge in [0.25, 0.3) is 6.47 Å². The molecule has 0 saturated heterocycles. The van der Waals surface area contributed by atoms with Gasteiger partial charge >= 0.3 is 8.60 Å². The van der Waals surface area contributed by atoms with Crippen LogP contribution in [0.5, 0.6) is 5.75 Å². The van der Waals surface area contributed by atoms with Gasteiger partial charge in [0.05, 0.1) is 19.8 Å². The molecule has 0 aliphatic rings. The van der Waals surface area contributed by atoms with E-state index in [1.165, 1.54) is 70.6 Å². The lowest BCUT2D eigenvalue weighted by molar-refractivity contribution is -0.135. The third kappa shape index (κ3) is 20.4. The number of ether oxygens (including phenoxy) is 2. The van der Waals surface area contributed by atoms with E-state index in [-0.39, 0.29) is 6.61 Å². The van der Waals surface area contributed by atoms with Gasteiger partial charge in [-0.3, -0.25) is 4.79 Å². The summed E-state index contributed by atoms with van der Waals surface area (Å²) >= 11 is 0. The summed E-state index contributed by atoms with van der Waals surface area (Å²) in [7, 11) is -0.0798. The Morgan fingerprint density at radius 1 is 0.838 bits per heavy atom. The van der Waals surface area contributed by atoms with Crippen LogP contribution in [0.2, 0.25) is 0 Å². The number of carbonyl (C=O) groups excluding carboxylic acids is 1. The molecule has 0 saturated carbocycles. The Hall–Kier alpha value is -1.24. The van der Waals surface area contributed by atoms with Crippen LogP contribution in [0.15, 0.2) is 24.3 Å². The Bertz CT molecular complexity index is 633. The minimum atomic E-state index is -1.98. The van der Waals surface area contributed by atoms with Gasteiger partial charge in [-0.1, -0.05) is 89.7 Å². The molecule has 2 unspecified atom stereocenters. The van der Waals surface area contributed by atoms with Crippen LogP contribution in [-0.4, -0.2) is 50.9 Å². The van der Waals surface area contributed by atoms with E-state index >= 15 is 0 Å². The lowest BCUT2D eigenvalue weighted by Gasteiger charge is -2.17. The van der Waals surface area contributed by atoms with Crippen LogP contribution in [0.25, 0.3) is 0 Å². The lowest BCUT2D eigenvalue weighted by Crippen LogP contribution is -2.21. The summed E-state index contributed by atoms with van der Waals surface area (Å²) in [5, 5.41) is 3.06. The molecule has 1 aromatic rings. The monoisotopic (exact) mass is 541 g/mol. The minimum absolute atomic E-state index is 0.0780. The molecule has 214 valence electrons. The van der Waals surface area contributed by atoms with Gasteiger partial charge in [-0.15, -0.1) is 0 Å². The molecular weight excluding hydrogens is 489 g/mol. The number of nitrogens with one attached hydrogen (secondary N) is 1. The van der Waals surface area contributed by atoms with Crippen molar-refractivity contribution in [2.45, 2.75) is 109 Å². The fourth-order valence-corrected chi connectivity index (χ4v) is 4.73. The Labute approximate surface area is 227 Å². The van der Waals surface area contributed by atoms with Crippen molar-refractivity contribution in [1.82, 2.24) is 5.32 Å². The average molecular weight is 542 g/mol. The highest BCUT2D eigenvalue weighted by Crippen LogP contribution is 2.33. The zero-order valence-electron chi connectivity index (χ0n) is 23.3. The van der Waals surface area contributed by atoms with Gasteiger partial charge in [0.15, 0.2) is 0 Å². The summed E-state index contributed by atoms with van der Waals surface area (Å²) in [4.78, 5) is 20.8. The standard InChI is InChI=1S/C29H52NO6P/c1-3-4-5-6-7-8-9-10-11-12-13-15-22-33-28-19-17-27(18-20-28)24-29(34-26-31)25-36-37(32)35-23-16-14-21-30-2/h17-20,26,29-30,32H,3-16,21-25H2,1-2H3. The number of hydrogen-bond donors (Lipinski definition) is 2. The van der Waals surface area contributed by atoms with Gasteiger partial charge in [0.2, 0.25) is 0 Å². The van der Waals surface area contributed by atoms with Gasteiger partial charge in [-0.05, 0) is 50.6 Å². The number of rotatable bonds is 27. The SMILES string of the molecule is CCCCCCCCCCCCCCOc1ccc(CC(COP(O)OCCCCNC)OC=O)cc1. The maximum Gasteiger partial charge on any atom is 0.329 e. The van der Waals surface area contributed by atoms with E-state index in [1.54, 1.807) is 0 Å². The molecule has 0 aromatic heterocycles. The first-order valence-electron chi connectivity index (χ1n) is 14.4. The summed E-state index contributed by atoms with van der Waals surface area (Å²) < 4.78 is 21.7. The second-order valence-electron chi connectivity index (χ2n) is 9.62. The second kappa shape index (κ2) is 25.1. The van der Waals surface area contributed by atoms with Gasteiger partial charge in [0, 0.05) is 6.42 Å². The molecule has 8 heteroatoms. The van der Waals surface area contributed by atoms with Crippen LogP contribution in [0.1, 0.15) is 102 Å². The molecule has 7 nitrogen and oxygen atoms in total. The van der Waals surface area contributed by atoms with Gasteiger partial charge in [-0.2, -0.15) is 0 Å². The van der Waals surface area contributed by atoms with E-state index in [4.69, 9.17) is 18.5 Å². The van der Waals surface area contributed by atoms with Crippen LogP contribution in [0, 0.1) is 0 Å². The van der Waals surface area contributed by atoms with Crippen LogP contribution < -0.4 is 10.1 Å². The Kier molecular flexibility index (Phi) is 22.9. The molecule has 2 atom stereocenters. The van der Waals surface area contributed by atoms with Crippen molar-refractivity contribution in [3.8, 4) is 5.75 Å². The number of benzene rings is 1. The average Bonchev–Trinajstić information content (AvgIpc) is 2.91. The summed E-state index contributed by atoms with van der Waals surface area (Å²) in [6.07, 6.45) is 17.8. The zero-order chi connectivity index (χ0) is 26.8. The molecule has 0 fully saturated rings. The Balaban J connectivity index is 2.13. The third-order valence-corrected chi connectivity index (χ3v) is 7.07. The van der Waals surface area contributed by atoms with Crippen molar-refractivity contribution in [2.24, 2.45) is 0 Å². The first kappa shape index (κ1) is 33.8. The highest BCUT2D eigenvalue weighted by atomic mass is 31.2. The van der Waals surface area contributed by atoms with E-state index in [9.17, 15) is 9.69 Å². The molecule has 1 aromatic carbocycles. The second-order valence-corrected chi connectivity index (χ2v) is 10.6. The summed E-state index contributed by atoms with van der Waals surface area (Å²) in [5.41, 5.74) is 1.00. The van der Waals surface area contributed by atoms with Gasteiger partial charge in [0.1, 0.15) is 11.9 Å². The number of carbonyl (C=O) groups is 1. The van der Waals surface area contributed by atoms with Crippen LogP contribution in [0.3, 0.4) is 0 Å². The first-order valence-corrected chi connectivity index (χ1v) is 15.5. The smallest absolute Gasteiger partial charge is 0.329 e. The normalized spacial score (nSPS) is 12.8. The van der Waals surface area contributed by atoms with Gasteiger partial charge < -0.3 is 28.7 Å². The maximum atomic E-state index is 10.9. The van der Waals surface area contributed by atoms with E-state index in [0.29, 0.717) is 19.5 Å². The summed E-state index contributed by atoms with van der Waals surface area (Å²) in [6.45, 7) is 4.84. The Morgan fingerprint density at radius 3 is 2.03 bits per heavy atom. The fourth-order valence-electron chi connectivity index (χ4n) is 4.07. The fraction of sp³-hybridized carbons (Fsp3) is 0.759. The largest absolute Gasteiger partial charge is 0.494 e. The van der Waals surface area contributed by atoms with E-state index in [2.05, 4.69) is 12.2 Å². The van der Waals surface area contributed by atoms with Crippen molar-refractivity contribution in [3.63, 3.8) is 0 Å². The van der Waals surface area contributed by atoms with Crippen molar-refractivity contribution in [1.29, 1.82) is 0 Å². The summed E-state index contributed by atoms with van der Waals surface area (Å²) in [6, 6.07) is 7.83. The van der Waals surface area contributed by atoms with E-state index < -0.39 is 14.7 Å². The topological polar surface area (TPSA) is 86.2 Å². The molecule has 0 heterocycles. The molecule has 37 heavy (non-hydrogen) atoms. The van der Waals surface area contributed by atoms with Crippen molar-refractivity contribution < 1.29 is 28.2 Å². The predicted octanol–water partition coefficient (Wildman–Crippen LogP) is 7.10. The van der Waals surface area contributed by atoms with Crippen LogP contribution >= 0.6 is 8.60 Å². The molecule has 1 rings (SSSR count). The number of unbranched alkanes of at least 4 members (excludes halogenated alkanes) is 12.